The van der Waals surface area contributed by atoms with Crippen molar-refractivity contribution in [1.29, 1.82) is 5.26 Å². The molecule has 3 rings (SSSR count). The zero-order valence-corrected chi connectivity index (χ0v) is 13.6. The molecule has 2 fully saturated rings. The topological polar surface area (TPSA) is 42.2 Å². The van der Waals surface area contributed by atoms with Crippen molar-refractivity contribution in [3.8, 4) is 6.07 Å². The van der Waals surface area contributed by atoms with Crippen LogP contribution in [0.25, 0.3) is 0 Å². The zero-order chi connectivity index (χ0) is 16.2. The van der Waals surface area contributed by atoms with Gasteiger partial charge in [0, 0.05) is 11.5 Å². The molecule has 0 N–H and O–H groups in total. The maximum absolute atomic E-state index is 13.7. The Bertz CT molecular complexity index is 567. The van der Waals surface area contributed by atoms with E-state index in [0.717, 1.165) is 5.92 Å². The Balaban J connectivity index is 1.54. The maximum Gasteiger partial charge on any atom is 0.183 e. The molecular formula is C19H24FNO2. The van der Waals surface area contributed by atoms with Gasteiger partial charge in [-0.25, -0.2) is 4.39 Å². The number of benzene rings is 1. The van der Waals surface area contributed by atoms with E-state index >= 15 is 0 Å². The van der Waals surface area contributed by atoms with Crippen LogP contribution in [0.5, 0.6) is 0 Å². The molecular weight excluding hydrogens is 293 g/mol. The Morgan fingerprint density at radius 2 is 1.83 bits per heavy atom. The largest absolute Gasteiger partial charge is 0.348 e. The van der Waals surface area contributed by atoms with Crippen LogP contribution in [0.2, 0.25) is 0 Å². The lowest BCUT2D eigenvalue weighted by Gasteiger charge is -2.37. The number of hydrogen-bond acceptors (Lipinski definition) is 3. The monoisotopic (exact) mass is 317 g/mol. The summed E-state index contributed by atoms with van der Waals surface area (Å²) >= 11 is 0. The van der Waals surface area contributed by atoms with E-state index in [0.29, 0.717) is 30.6 Å². The van der Waals surface area contributed by atoms with Crippen LogP contribution in [-0.4, -0.2) is 13.2 Å². The summed E-state index contributed by atoms with van der Waals surface area (Å²) in [5.74, 6) is 1.52. The molecule has 1 aromatic rings. The highest BCUT2D eigenvalue weighted by Crippen LogP contribution is 2.38. The minimum atomic E-state index is -0.516. The molecule has 0 bridgehead atoms. The van der Waals surface area contributed by atoms with E-state index in [9.17, 15) is 4.39 Å². The summed E-state index contributed by atoms with van der Waals surface area (Å²) in [6.07, 6.45) is 5.96. The molecule has 0 atom stereocenters. The van der Waals surface area contributed by atoms with Crippen molar-refractivity contribution in [2.75, 3.05) is 13.2 Å². The van der Waals surface area contributed by atoms with Crippen LogP contribution in [0.1, 0.15) is 56.4 Å². The molecule has 0 amide bonds. The van der Waals surface area contributed by atoms with Gasteiger partial charge in [0.1, 0.15) is 11.9 Å². The number of rotatable bonds is 3. The molecule has 2 aliphatic rings. The Labute approximate surface area is 137 Å². The van der Waals surface area contributed by atoms with Gasteiger partial charge in [-0.05, 0) is 36.8 Å². The average molecular weight is 317 g/mol. The van der Waals surface area contributed by atoms with Crippen LogP contribution < -0.4 is 0 Å². The summed E-state index contributed by atoms with van der Waals surface area (Å²) in [7, 11) is 0. The molecule has 0 radical (unpaired) electrons. The molecule has 1 aliphatic carbocycles. The molecule has 0 unspecified atom stereocenters. The van der Waals surface area contributed by atoms with Crippen molar-refractivity contribution in [2.45, 2.75) is 45.3 Å². The summed E-state index contributed by atoms with van der Waals surface area (Å²) in [6, 6.07) is 6.36. The van der Waals surface area contributed by atoms with E-state index in [4.69, 9.17) is 14.7 Å². The fourth-order valence-electron chi connectivity index (χ4n) is 3.82. The molecule has 4 heteroatoms. The molecule has 0 aromatic heterocycles. The first kappa shape index (κ1) is 16.4. The second kappa shape index (κ2) is 7.42. The lowest BCUT2D eigenvalue weighted by molar-refractivity contribution is -0.214. The van der Waals surface area contributed by atoms with Gasteiger partial charge in [-0.3, -0.25) is 0 Å². The predicted molar refractivity (Wildman–Crippen MR) is 85.0 cm³/mol. The fourth-order valence-corrected chi connectivity index (χ4v) is 3.82. The number of halogens is 1. The van der Waals surface area contributed by atoms with E-state index in [2.05, 4.69) is 6.92 Å². The first-order valence-electron chi connectivity index (χ1n) is 8.64. The third-order valence-corrected chi connectivity index (χ3v) is 5.44. The normalized spacial score (nSPS) is 31.5. The third-order valence-electron chi connectivity index (χ3n) is 5.44. The molecule has 3 nitrogen and oxygen atoms in total. The summed E-state index contributed by atoms with van der Waals surface area (Å²) in [5.41, 5.74) is 0.699. The first-order chi connectivity index (χ1) is 11.2. The second-order valence-electron chi connectivity index (χ2n) is 6.80. The molecule has 1 aliphatic heterocycles. The van der Waals surface area contributed by atoms with Crippen molar-refractivity contribution in [3.05, 3.63) is 35.1 Å². The molecule has 1 saturated heterocycles. The van der Waals surface area contributed by atoms with Crippen molar-refractivity contribution in [2.24, 2.45) is 17.8 Å². The molecule has 23 heavy (non-hydrogen) atoms. The van der Waals surface area contributed by atoms with E-state index in [1.807, 2.05) is 6.07 Å². The van der Waals surface area contributed by atoms with Crippen LogP contribution in [-0.2, 0) is 9.47 Å². The van der Waals surface area contributed by atoms with Crippen molar-refractivity contribution < 1.29 is 13.9 Å². The summed E-state index contributed by atoms with van der Waals surface area (Å²) in [6.45, 7) is 3.63. The van der Waals surface area contributed by atoms with Gasteiger partial charge in [-0.2, -0.15) is 5.26 Å². The van der Waals surface area contributed by atoms with Gasteiger partial charge >= 0.3 is 0 Å². The third kappa shape index (κ3) is 3.73. The van der Waals surface area contributed by atoms with Gasteiger partial charge in [-0.15, -0.1) is 0 Å². The number of nitriles is 1. The molecule has 0 spiro atoms. The lowest BCUT2D eigenvalue weighted by Crippen LogP contribution is -2.34. The highest BCUT2D eigenvalue weighted by atomic mass is 19.1. The molecule has 1 aromatic carbocycles. The van der Waals surface area contributed by atoms with Gasteiger partial charge in [0.25, 0.3) is 0 Å². The van der Waals surface area contributed by atoms with E-state index in [1.54, 1.807) is 6.07 Å². The van der Waals surface area contributed by atoms with Crippen molar-refractivity contribution in [3.63, 3.8) is 0 Å². The summed E-state index contributed by atoms with van der Waals surface area (Å²) in [4.78, 5) is 0. The SMILES string of the molecule is CCC1CCC(C2COC(c3ccc(C#N)c(F)c3)OC2)CC1. The highest BCUT2D eigenvalue weighted by molar-refractivity contribution is 5.33. The van der Waals surface area contributed by atoms with Crippen LogP contribution in [0, 0.1) is 34.9 Å². The smallest absolute Gasteiger partial charge is 0.183 e. The Morgan fingerprint density at radius 1 is 1.13 bits per heavy atom. The Hall–Kier alpha value is -1.44. The minimum Gasteiger partial charge on any atom is -0.348 e. The average Bonchev–Trinajstić information content (AvgIpc) is 2.62. The van der Waals surface area contributed by atoms with Gasteiger partial charge in [-0.1, -0.05) is 32.3 Å². The first-order valence-corrected chi connectivity index (χ1v) is 8.64. The highest BCUT2D eigenvalue weighted by Gasteiger charge is 2.32. The number of ether oxygens (including phenoxy) is 2. The van der Waals surface area contributed by atoms with Crippen LogP contribution in [0.3, 0.4) is 0 Å². The second-order valence-corrected chi connectivity index (χ2v) is 6.80. The zero-order valence-electron chi connectivity index (χ0n) is 13.6. The number of nitrogens with zero attached hydrogens (tertiary/aromatic N) is 1. The fraction of sp³-hybridized carbons (Fsp3) is 0.632. The Morgan fingerprint density at radius 3 is 2.39 bits per heavy atom. The van der Waals surface area contributed by atoms with Gasteiger partial charge in [0.15, 0.2) is 6.29 Å². The molecule has 1 saturated carbocycles. The van der Waals surface area contributed by atoms with Crippen LogP contribution in [0.15, 0.2) is 18.2 Å². The van der Waals surface area contributed by atoms with Gasteiger partial charge < -0.3 is 9.47 Å². The van der Waals surface area contributed by atoms with Gasteiger partial charge in [0.05, 0.1) is 18.8 Å². The molecule has 124 valence electrons. The Kier molecular flexibility index (Phi) is 5.30. The maximum atomic E-state index is 13.7. The minimum absolute atomic E-state index is 0.0510. The van der Waals surface area contributed by atoms with Crippen LogP contribution >= 0.6 is 0 Å². The van der Waals surface area contributed by atoms with Gasteiger partial charge in [0.2, 0.25) is 0 Å². The van der Waals surface area contributed by atoms with E-state index in [1.165, 1.54) is 44.2 Å². The quantitative estimate of drug-likeness (QED) is 0.819. The molecule has 1 heterocycles. The predicted octanol–water partition coefficient (Wildman–Crippen LogP) is 4.58. The van der Waals surface area contributed by atoms with Crippen molar-refractivity contribution >= 4 is 0 Å². The lowest BCUT2D eigenvalue weighted by atomic mass is 9.75. The summed E-state index contributed by atoms with van der Waals surface area (Å²) < 4.78 is 25.4. The van der Waals surface area contributed by atoms with Crippen molar-refractivity contribution in [1.82, 2.24) is 0 Å². The standard InChI is InChI=1S/C19H24FNO2/c1-2-13-3-5-14(6-4-13)17-11-22-19(23-12-17)15-7-8-16(10-21)18(20)9-15/h7-9,13-14,17,19H,2-6,11-12H2,1H3. The van der Waals surface area contributed by atoms with Crippen LogP contribution in [0.4, 0.5) is 4.39 Å². The summed E-state index contributed by atoms with van der Waals surface area (Å²) in [5, 5.41) is 8.78. The number of hydrogen-bond donors (Lipinski definition) is 0. The van der Waals surface area contributed by atoms with E-state index in [-0.39, 0.29) is 5.56 Å². The van der Waals surface area contributed by atoms with E-state index < -0.39 is 12.1 Å².